The SMILES string of the molecule is C.C.C.C.C.C.COC#CC#CC#COC.COC#Cc1ccc(-c2ccc(C#COC)cc2)cc1.COC#Cc1ccc(-c2ccc(C#COC)cn2)nc1.COC/C=C/C=C/C=C/COC.COc1ccc(-c2ccc(-c3ccc(OC)cc3)cc2)cc1.Cc1ccc(-c2ccc(-c3ccc(-c4ccc(C)cc4)cc3)cc2)cc1. The summed E-state index contributed by atoms with van der Waals surface area (Å²) >= 11 is 0. The summed E-state index contributed by atoms with van der Waals surface area (Å²) in [4.78, 5) is 8.62. The fourth-order valence-corrected chi connectivity index (χ4v) is 9.60. The van der Waals surface area contributed by atoms with Crippen molar-refractivity contribution in [3.05, 3.63) is 325 Å². The van der Waals surface area contributed by atoms with Crippen LogP contribution in [0.15, 0.2) is 292 Å². The van der Waals surface area contributed by atoms with Crippen molar-refractivity contribution >= 4 is 0 Å². The fraction of sp³-hybridized carbons (Fsp3) is 0.192. The van der Waals surface area contributed by atoms with Crippen LogP contribution in [0.5, 0.6) is 11.5 Å². The maximum absolute atomic E-state index is 5.19. The molecule has 12 nitrogen and oxygen atoms in total. The second-order valence-corrected chi connectivity index (χ2v) is 22.9. The molecule has 0 atom stereocenters. The average Bonchev–Trinajstić information content (AvgIpc) is 0.827. The van der Waals surface area contributed by atoms with Crippen molar-refractivity contribution < 1.29 is 47.4 Å². The molecule has 598 valence electrons. The molecule has 2 aromatic heterocycles. The number of ether oxygens (including phenoxy) is 10. The molecule has 0 fully saturated rings. The Bertz CT molecular complexity index is 4640. The number of rotatable bonds is 15. The molecule has 2 heterocycles. The summed E-state index contributed by atoms with van der Waals surface area (Å²) in [7, 11) is 15.8. The quantitative estimate of drug-likeness (QED) is 0.0718. The van der Waals surface area contributed by atoms with Gasteiger partial charge in [0.2, 0.25) is 0 Å². The molecule has 0 aliphatic carbocycles. The zero-order valence-electron chi connectivity index (χ0n) is 64.1. The molecule has 0 amide bonds. The third-order valence-electron chi connectivity index (χ3n) is 15.3. The smallest absolute Gasteiger partial charge is 0.124 e. The van der Waals surface area contributed by atoms with Crippen molar-refractivity contribution in [3.63, 3.8) is 0 Å². The minimum atomic E-state index is 0. The molecular formula is C104H112N2O10. The van der Waals surface area contributed by atoms with Crippen LogP contribution in [0.3, 0.4) is 0 Å². The normalized spacial score (nSPS) is 9.03. The highest BCUT2D eigenvalue weighted by molar-refractivity contribution is 5.75. The fourth-order valence-electron chi connectivity index (χ4n) is 9.60. The van der Waals surface area contributed by atoms with Crippen LogP contribution in [0.4, 0.5) is 0 Å². The molecule has 0 aliphatic rings. The third-order valence-corrected chi connectivity index (χ3v) is 15.3. The molecule has 0 unspecified atom stereocenters. The zero-order valence-corrected chi connectivity index (χ0v) is 64.1. The Morgan fingerprint density at radius 2 is 0.457 bits per heavy atom. The van der Waals surface area contributed by atoms with Crippen molar-refractivity contribution in [3.8, 4) is 174 Å². The van der Waals surface area contributed by atoms with Crippen molar-refractivity contribution in [2.24, 2.45) is 0 Å². The summed E-state index contributed by atoms with van der Waals surface area (Å²) in [5, 5.41) is 0. The van der Waals surface area contributed by atoms with Gasteiger partial charge >= 0.3 is 0 Å². The summed E-state index contributed by atoms with van der Waals surface area (Å²) < 4.78 is 47.7. The number of hydrogen-bond acceptors (Lipinski definition) is 12. The largest absolute Gasteiger partial charge is 0.497 e. The number of aromatic nitrogens is 2. The van der Waals surface area contributed by atoms with Crippen molar-refractivity contribution in [1.29, 1.82) is 0 Å². The predicted octanol–water partition coefficient (Wildman–Crippen LogP) is 23.6. The summed E-state index contributed by atoms with van der Waals surface area (Å²) in [5.41, 5.74) is 22.1. The predicted molar refractivity (Wildman–Crippen MR) is 486 cm³/mol. The molecule has 11 rings (SSSR count). The first-order chi connectivity index (χ1) is 54.0. The van der Waals surface area contributed by atoms with Gasteiger partial charge in [-0.25, -0.2) is 0 Å². The topological polar surface area (TPSA) is 118 Å². The van der Waals surface area contributed by atoms with E-state index in [2.05, 4.69) is 272 Å². The van der Waals surface area contributed by atoms with Gasteiger partial charge in [-0.3, -0.25) is 9.97 Å². The Morgan fingerprint density at radius 1 is 0.241 bits per heavy atom. The van der Waals surface area contributed by atoms with E-state index < -0.39 is 0 Å². The molecule has 12 heteroatoms. The Labute approximate surface area is 694 Å². The lowest BCUT2D eigenvalue weighted by Crippen LogP contribution is -1.89. The standard InChI is InChI=1S/C26H22.C20H18O2.C18H14O2.C16H12N2O2.C10H16O2.C8H6O2.6CH4/c1-19-3-7-21(8-4-19)23-11-15-25(16-12-23)26-17-13-24(14-18-26)22-9-5-20(2)6-10-22;1-21-19-11-7-17(8-12-19)15-3-5-16(6-4-15)18-9-13-20(22-2)14-10-18;1-19-13-11-15-3-7-17(8-4-15)18-9-5-16(6-10-18)12-14-20-2;1-19-9-7-13-3-5-15(17-11-13)16-6-4-14(12-18-16)8-10-20-2;1-11-9-7-5-3-4-6-8-10-12-2;1-9-7-5-3-4-6-8-10-2;;;;;;/h3-18H,1-2H3;3-14H,1-2H3;3-10H,1-2H3;3-6,11-12H,1-2H3;3-8H,9-10H2,1-2H3;1-2H3;6*1H4/b;;;;4-3+,7-5+,8-6+;;;;;;;. The van der Waals surface area contributed by atoms with Crippen LogP contribution in [-0.4, -0.2) is 94.3 Å². The number of pyridine rings is 2. The molecule has 0 aliphatic heterocycles. The molecule has 9 aromatic carbocycles. The monoisotopic (exact) mass is 1550 g/mol. The Hall–Kier alpha value is -14.3. The second-order valence-electron chi connectivity index (χ2n) is 22.9. The molecule has 0 saturated heterocycles. The van der Waals surface area contributed by atoms with Gasteiger partial charge in [-0.05, 0) is 177 Å². The van der Waals surface area contributed by atoms with E-state index in [1.165, 1.54) is 95.2 Å². The number of methoxy groups -OCH3 is 10. The first-order valence-electron chi connectivity index (χ1n) is 34.5. The molecule has 0 saturated carbocycles. The minimum absolute atomic E-state index is 0. The number of benzene rings is 9. The zero-order chi connectivity index (χ0) is 78.4. The van der Waals surface area contributed by atoms with Crippen molar-refractivity contribution in [2.45, 2.75) is 58.4 Å². The highest BCUT2D eigenvalue weighted by Gasteiger charge is 2.06. The Balaban J connectivity index is 0.00000139. The lowest BCUT2D eigenvalue weighted by molar-refractivity contribution is 0.234. The third kappa shape index (κ3) is 38.1. The van der Waals surface area contributed by atoms with Crippen LogP contribution in [0, 0.1) is 97.8 Å². The van der Waals surface area contributed by atoms with E-state index in [-0.39, 0.29) is 44.6 Å². The molecule has 0 bridgehead atoms. The van der Waals surface area contributed by atoms with E-state index >= 15 is 0 Å². The molecular weight excluding hydrogens is 1440 g/mol. The van der Waals surface area contributed by atoms with E-state index in [4.69, 9.17) is 28.4 Å². The minimum Gasteiger partial charge on any atom is -0.497 e. The van der Waals surface area contributed by atoms with E-state index in [9.17, 15) is 0 Å². The van der Waals surface area contributed by atoms with Gasteiger partial charge in [-0.2, -0.15) is 0 Å². The van der Waals surface area contributed by atoms with Gasteiger partial charge in [-0.1, -0.05) is 262 Å². The Kier molecular flexibility index (Phi) is 53.9. The number of allylic oxidation sites excluding steroid dienone is 4. The van der Waals surface area contributed by atoms with Crippen LogP contribution in [0.2, 0.25) is 0 Å². The number of aryl methyl sites for hydroxylation is 2. The first kappa shape index (κ1) is 102. The second kappa shape index (κ2) is 61.4. The Morgan fingerprint density at radius 3 is 0.672 bits per heavy atom. The van der Waals surface area contributed by atoms with Gasteiger partial charge < -0.3 is 47.4 Å². The maximum atomic E-state index is 5.19. The lowest BCUT2D eigenvalue weighted by atomic mass is 9.97. The van der Waals surface area contributed by atoms with Gasteiger partial charge in [0.05, 0.1) is 81.5 Å². The van der Waals surface area contributed by atoms with Crippen LogP contribution in [0.25, 0.3) is 78.1 Å². The van der Waals surface area contributed by atoms with Crippen molar-refractivity contribution in [2.75, 3.05) is 84.3 Å². The lowest BCUT2D eigenvalue weighted by Gasteiger charge is -2.07. The van der Waals surface area contributed by atoms with Gasteiger partial charge in [0.1, 0.15) is 48.1 Å². The van der Waals surface area contributed by atoms with E-state index in [0.29, 0.717) is 13.2 Å². The highest BCUT2D eigenvalue weighted by atomic mass is 16.5. The molecule has 0 spiro atoms. The number of nitrogens with zero attached hydrogens (tertiary/aromatic N) is 2. The summed E-state index contributed by atoms with van der Waals surface area (Å²) in [6.07, 6.45) is 29.8. The number of hydrogen-bond donors (Lipinski definition) is 0. The van der Waals surface area contributed by atoms with Crippen LogP contribution in [-0.2, 0) is 37.9 Å². The van der Waals surface area contributed by atoms with Crippen LogP contribution in [0.1, 0.15) is 77.9 Å². The van der Waals surface area contributed by atoms with Gasteiger partial charge in [-0.15, -0.1) is 0 Å². The highest BCUT2D eigenvalue weighted by Crippen LogP contribution is 2.30. The summed E-state index contributed by atoms with van der Waals surface area (Å²) in [5.74, 6) is 22.9. The van der Waals surface area contributed by atoms with E-state index in [1.54, 1.807) is 55.1 Å². The molecule has 11 aromatic rings. The van der Waals surface area contributed by atoms with Gasteiger partial charge in [0.25, 0.3) is 0 Å². The molecule has 0 N–H and O–H groups in total. The molecule has 116 heavy (non-hydrogen) atoms. The summed E-state index contributed by atoms with van der Waals surface area (Å²) in [6, 6.07) is 83.3. The average molecular weight is 1550 g/mol. The van der Waals surface area contributed by atoms with Gasteiger partial charge in [0, 0.05) is 72.5 Å². The van der Waals surface area contributed by atoms with Crippen LogP contribution < -0.4 is 9.47 Å². The van der Waals surface area contributed by atoms with Crippen LogP contribution >= 0.6 is 0 Å². The first-order valence-corrected chi connectivity index (χ1v) is 34.5. The van der Waals surface area contributed by atoms with Gasteiger partial charge in [0.15, 0.2) is 0 Å². The van der Waals surface area contributed by atoms with E-state index in [1.807, 2.05) is 134 Å². The maximum Gasteiger partial charge on any atom is 0.124 e. The van der Waals surface area contributed by atoms with E-state index in [0.717, 1.165) is 56.3 Å². The summed E-state index contributed by atoms with van der Waals surface area (Å²) in [6.45, 7) is 5.55. The van der Waals surface area contributed by atoms with Crippen molar-refractivity contribution in [1.82, 2.24) is 9.97 Å². The molecule has 0 radical (unpaired) electrons.